The third-order valence-corrected chi connectivity index (χ3v) is 3.63. The van der Waals surface area contributed by atoms with Crippen molar-refractivity contribution in [1.29, 1.82) is 0 Å². The number of nitrogen functional groups attached to an aromatic ring is 1. The predicted molar refractivity (Wildman–Crippen MR) is 102 cm³/mol. The smallest absolute Gasteiger partial charge is 0.224 e. The summed E-state index contributed by atoms with van der Waals surface area (Å²) in [6, 6.07) is 17.8. The molecule has 0 heterocycles. The first-order valence-electron chi connectivity index (χ1n) is 7.89. The maximum atomic E-state index is 12.1. The molecule has 1 unspecified atom stereocenters. The zero-order valence-corrected chi connectivity index (χ0v) is 15.1. The van der Waals surface area contributed by atoms with Crippen LogP contribution in [0.3, 0.4) is 0 Å². The van der Waals surface area contributed by atoms with Gasteiger partial charge in [-0.05, 0) is 37.2 Å². The summed E-state index contributed by atoms with van der Waals surface area (Å²) >= 11 is 0. The molecule has 1 atom stereocenters. The van der Waals surface area contributed by atoms with Crippen molar-refractivity contribution in [2.24, 2.45) is 0 Å². The zero-order valence-electron chi connectivity index (χ0n) is 14.2. The molecule has 130 valence electrons. The summed E-state index contributed by atoms with van der Waals surface area (Å²) in [6.07, 6.45) is 0.382. The van der Waals surface area contributed by atoms with Crippen LogP contribution in [-0.4, -0.2) is 30.4 Å². The van der Waals surface area contributed by atoms with Gasteiger partial charge in [-0.3, -0.25) is 4.79 Å². The first-order chi connectivity index (χ1) is 11.0. The van der Waals surface area contributed by atoms with Crippen LogP contribution in [0, 0.1) is 0 Å². The van der Waals surface area contributed by atoms with E-state index in [0.29, 0.717) is 12.1 Å². The number of hydrogen-bond acceptors (Lipinski definition) is 3. The van der Waals surface area contributed by atoms with Crippen molar-refractivity contribution in [2.75, 3.05) is 19.3 Å². The Hall–Kier alpha value is -2.04. The number of carbonyl (C=O) groups is 1. The van der Waals surface area contributed by atoms with Gasteiger partial charge in [-0.1, -0.05) is 42.5 Å². The molecule has 0 spiro atoms. The highest BCUT2D eigenvalue weighted by molar-refractivity contribution is 5.85. The lowest BCUT2D eigenvalue weighted by Crippen LogP contribution is -2.41. The van der Waals surface area contributed by atoms with Crippen LogP contribution < -0.4 is 11.1 Å². The van der Waals surface area contributed by atoms with E-state index < -0.39 is 0 Å². The SMILES string of the molecule is CC(CN(C)Cc1ccccc1)NC(=O)Cc1ccc(N)cc1.Cl. The van der Waals surface area contributed by atoms with Crippen LogP contribution in [0.5, 0.6) is 0 Å². The van der Waals surface area contributed by atoms with Gasteiger partial charge in [0, 0.05) is 24.8 Å². The fourth-order valence-electron chi connectivity index (χ4n) is 2.62. The number of nitrogens with two attached hydrogens (primary N) is 1. The summed E-state index contributed by atoms with van der Waals surface area (Å²) in [5.41, 5.74) is 8.61. The Balaban J connectivity index is 0.00000288. The minimum absolute atomic E-state index is 0. The van der Waals surface area contributed by atoms with E-state index in [1.54, 1.807) is 0 Å². The molecule has 0 aliphatic carbocycles. The van der Waals surface area contributed by atoms with E-state index in [4.69, 9.17) is 5.73 Å². The lowest BCUT2D eigenvalue weighted by atomic mass is 10.1. The van der Waals surface area contributed by atoms with E-state index in [9.17, 15) is 4.79 Å². The first-order valence-corrected chi connectivity index (χ1v) is 7.89. The number of amides is 1. The van der Waals surface area contributed by atoms with E-state index in [1.165, 1.54) is 5.56 Å². The molecular formula is C19H26ClN3O. The second-order valence-electron chi connectivity index (χ2n) is 6.07. The van der Waals surface area contributed by atoms with E-state index in [-0.39, 0.29) is 24.4 Å². The molecule has 3 N–H and O–H groups in total. The molecule has 0 aliphatic rings. The standard InChI is InChI=1S/C19H25N3O.ClH/c1-15(13-22(2)14-17-6-4-3-5-7-17)21-19(23)12-16-8-10-18(20)11-9-16;/h3-11,15H,12-14,20H2,1-2H3,(H,21,23);1H. The molecule has 0 fully saturated rings. The minimum Gasteiger partial charge on any atom is -0.399 e. The van der Waals surface area contributed by atoms with Crippen LogP contribution in [0.15, 0.2) is 54.6 Å². The van der Waals surface area contributed by atoms with Crippen molar-refractivity contribution in [3.63, 3.8) is 0 Å². The second-order valence-corrected chi connectivity index (χ2v) is 6.07. The summed E-state index contributed by atoms with van der Waals surface area (Å²) < 4.78 is 0. The number of halogens is 1. The van der Waals surface area contributed by atoms with Gasteiger partial charge >= 0.3 is 0 Å². The number of anilines is 1. The van der Waals surface area contributed by atoms with Crippen LogP contribution in [0.2, 0.25) is 0 Å². The number of likely N-dealkylation sites (N-methyl/N-ethyl adjacent to an activating group) is 1. The molecule has 0 radical (unpaired) electrons. The quantitative estimate of drug-likeness (QED) is 0.757. The van der Waals surface area contributed by atoms with Crippen molar-refractivity contribution >= 4 is 24.0 Å². The number of benzene rings is 2. The van der Waals surface area contributed by atoms with Crippen LogP contribution in [0.25, 0.3) is 0 Å². The highest BCUT2D eigenvalue weighted by Gasteiger charge is 2.11. The minimum atomic E-state index is 0. The average Bonchev–Trinajstić information content (AvgIpc) is 2.50. The Bertz CT molecular complexity index is 616. The molecule has 0 saturated heterocycles. The van der Waals surface area contributed by atoms with Crippen LogP contribution in [0.1, 0.15) is 18.1 Å². The van der Waals surface area contributed by atoms with Crippen molar-refractivity contribution in [3.8, 4) is 0 Å². The molecule has 24 heavy (non-hydrogen) atoms. The largest absolute Gasteiger partial charge is 0.399 e. The van der Waals surface area contributed by atoms with Crippen molar-refractivity contribution in [1.82, 2.24) is 10.2 Å². The average molecular weight is 348 g/mol. The van der Waals surface area contributed by atoms with Crippen molar-refractivity contribution in [3.05, 3.63) is 65.7 Å². The molecule has 4 nitrogen and oxygen atoms in total. The highest BCUT2D eigenvalue weighted by atomic mass is 35.5. The number of nitrogens with one attached hydrogen (secondary N) is 1. The van der Waals surface area contributed by atoms with Gasteiger partial charge in [0.05, 0.1) is 6.42 Å². The summed E-state index contributed by atoms with van der Waals surface area (Å²) in [5, 5.41) is 3.05. The normalized spacial score (nSPS) is 11.6. The maximum absolute atomic E-state index is 12.1. The van der Waals surface area contributed by atoms with Crippen LogP contribution in [0.4, 0.5) is 5.69 Å². The van der Waals surface area contributed by atoms with Crippen molar-refractivity contribution < 1.29 is 4.79 Å². The van der Waals surface area contributed by atoms with Crippen molar-refractivity contribution in [2.45, 2.75) is 25.9 Å². The molecular weight excluding hydrogens is 322 g/mol. The predicted octanol–water partition coefficient (Wildman–Crippen LogP) is 2.87. The molecule has 0 aromatic heterocycles. The summed E-state index contributed by atoms with van der Waals surface area (Å²) in [5.74, 6) is 0.0374. The number of rotatable bonds is 7. The fraction of sp³-hybridized carbons (Fsp3) is 0.316. The van der Waals surface area contributed by atoms with Gasteiger partial charge in [0.2, 0.25) is 5.91 Å². The monoisotopic (exact) mass is 347 g/mol. The molecule has 2 aromatic carbocycles. The topological polar surface area (TPSA) is 58.4 Å². The third kappa shape index (κ3) is 7.02. The molecule has 0 bridgehead atoms. The molecule has 2 rings (SSSR count). The molecule has 1 amide bonds. The maximum Gasteiger partial charge on any atom is 0.224 e. The van der Waals surface area contributed by atoms with Gasteiger partial charge in [-0.25, -0.2) is 0 Å². The van der Waals surface area contributed by atoms with Gasteiger partial charge in [-0.15, -0.1) is 12.4 Å². The van der Waals surface area contributed by atoms with Gasteiger partial charge in [-0.2, -0.15) is 0 Å². The van der Waals surface area contributed by atoms with E-state index in [1.807, 2.05) is 49.4 Å². The third-order valence-electron chi connectivity index (χ3n) is 3.63. The Kier molecular flexibility index (Phi) is 8.30. The van der Waals surface area contributed by atoms with E-state index in [0.717, 1.165) is 18.7 Å². The van der Waals surface area contributed by atoms with E-state index >= 15 is 0 Å². The Labute approximate surface area is 150 Å². The number of nitrogens with zero attached hydrogens (tertiary/aromatic N) is 1. The highest BCUT2D eigenvalue weighted by Crippen LogP contribution is 2.06. The lowest BCUT2D eigenvalue weighted by Gasteiger charge is -2.22. The Morgan fingerprint density at radius 3 is 2.33 bits per heavy atom. The summed E-state index contributed by atoms with van der Waals surface area (Å²) in [4.78, 5) is 14.3. The Morgan fingerprint density at radius 2 is 1.71 bits per heavy atom. The summed E-state index contributed by atoms with van der Waals surface area (Å²) in [7, 11) is 2.07. The lowest BCUT2D eigenvalue weighted by molar-refractivity contribution is -0.121. The van der Waals surface area contributed by atoms with Crippen LogP contribution in [-0.2, 0) is 17.8 Å². The fourth-order valence-corrected chi connectivity index (χ4v) is 2.62. The number of hydrogen-bond donors (Lipinski definition) is 2. The van der Waals surface area contributed by atoms with E-state index in [2.05, 4.69) is 29.4 Å². The second kappa shape index (κ2) is 9.96. The molecule has 0 saturated carbocycles. The summed E-state index contributed by atoms with van der Waals surface area (Å²) in [6.45, 7) is 3.71. The Morgan fingerprint density at radius 1 is 1.08 bits per heavy atom. The molecule has 5 heteroatoms. The molecule has 0 aliphatic heterocycles. The zero-order chi connectivity index (χ0) is 16.7. The van der Waals surface area contributed by atoms with Gasteiger partial charge in [0.25, 0.3) is 0 Å². The number of carbonyl (C=O) groups excluding carboxylic acids is 1. The van der Waals surface area contributed by atoms with Crippen LogP contribution >= 0.6 is 12.4 Å². The molecule has 2 aromatic rings. The van der Waals surface area contributed by atoms with Gasteiger partial charge < -0.3 is 16.0 Å². The first kappa shape index (κ1) is 20.0. The van der Waals surface area contributed by atoms with Gasteiger partial charge in [0.15, 0.2) is 0 Å². The van der Waals surface area contributed by atoms with Gasteiger partial charge in [0.1, 0.15) is 0 Å².